The minimum Gasteiger partial charge on any atom is -0.527 e. The molecule has 62 heavy (non-hydrogen) atoms. The van der Waals surface area contributed by atoms with E-state index < -0.39 is 36.2 Å². The van der Waals surface area contributed by atoms with Gasteiger partial charge in [0.15, 0.2) is 0 Å². The van der Waals surface area contributed by atoms with Crippen molar-refractivity contribution in [1.29, 1.82) is 0 Å². The molecule has 0 atom stereocenters. The van der Waals surface area contributed by atoms with E-state index in [4.69, 9.17) is 0 Å². The van der Waals surface area contributed by atoms with Crippen LogP contribution >= 0.6 is 16.1 Å². The molecule has 0 saturated carbocycles. The minimum atomic E-state index is -3.60. The number of hydrogen-bond acceptors (Lipinski definition) is 4. The second-order valence-electron chi connectivity index (χ2n) is 15.0. The summed E-state index contributed by atoms with van der Waals surface area (Å²) < 4.78 is 58.1. The van der Waals surface area contributed by atoms with Crippen LogP contribution in [-0.2, 0) is 52.4 Å². The molecule has 323 valence electrons. The Balaban J connectivity index is 0.000000198. The van der Waals surface area contributed by atoms with E-state index in [1.54, 1.807) is 24.3 Å². The molecule has 0 unspecified atom stereocenters. The van der Waals surface area contributed by atoms with Gasteiger partial charge in [-0.2, -0.15) is 0 Å². The van der Waals surface area contributed by atoms with Crippen LogP contribution in [0.15, 0.2) is 192 Å². The number of nitrogens with one attached hydrogen (secondary N) is 2. The molecule has 1 radical (unpaired) electrons. The first kappa shape index (κ1) is 49.1. The van der Waals surface area contributed by atoms with Gasteiger partial charge in [0.25, 0.3) is 20.0 Å². The maximum atomic E-state index is 13.0. The summed E-state index contributed by atoms with van der Waals surface area (Å²) in [6, 6.07) is 53.7. The van der Waals surface area contributed by atoms with Crippen LogP contribution in [0.5, 0.6) is 0 Å². The Bertz CT molecular complexity index is 2240. The molecule has 0 heterocycles. The van der Waals surface area contributed by atoms with Gasteiger partial charge < -0.3 is 18.1 Å². The first-order valence-corrected chi connectivity index (χ1v) is 27.0. The van der Waals surface area contributed by atoms with Gasteiger partial charge in [0.1, 0.15) is 37.4 Å². The van der Waals surface area contributed by atoms with E-state index in [2.05, 4.69) is 47.1 Å². The average Bonchev–Trinajstić information content (AvgIpc) is 3.98. The van der Waals surface area contributed by atoms with Crippen LogP contribution < -0.4 is 30.2 Å². The van der Waals surface area contributed by atoms with E-state index in [-0.39, 0.29) is 19.5 Å². The Labute approximate surface area is 385 Å². The average molecular weight is 990 g/mol. The molecule has 11 heteroatoms. The Morgan fingerprint density at radius 1 is 0.484 bits per heavy atom. The van der Waals surface area contributed by atoms with E-state index in [0.29, 0.717) is 21.6 Å². The maximum Gasteiger partial charge on any atom is 2.00 e. The standard InChI is InChI=1S/2C22H24NO2PS.C7H6.Rh/c2*1-2-3-10-19-15-17-22(18-16-19)27(24,25)23-26(20-11-6-4-7-12-20)21-13-8-5-9-14-21;1-2-7-4-3-6(1)5-7;/h2*4-9,11-18,23H,2-3,10H2,1H3;1,3,6-7H,5H2;/q;;-2;+2/p+2. The van der Waals surface area contributed by atoms with Gasteiger partial charge in [-0.3, -0.25) is 12.2 Å². The van der Waals surface area contributed by atoms with Crippen molar-refractivity contribution in [3.63, 3.8) is 0 Å². The number of hydrogen-bond donors (Lipinski definition) is 2. The van der Waals surface area contributed by atoms with Gasteiger partial charge >= 0.3 is 19.5 Å². The van der Waals surface area contributed by atoms with Gasteiger partial charge in [-0.05, 0) is 110 Å². The van der Waals surface area contributed by atoms with E-state index in [9.17, 15) is 16.8 Å². The van der Waals surface area contributed by atoms with Crippen LogP contribution in [0.2, 0.25) is 0 Å². The fourth-order valence-electron chi connectivity index (χ4n) is 6.93. The summed E-state index contributed by atoms with van der Waals surface area (Å²) in [5.74, 6) is 1.26. The Morgan fingerprint density at radius 2 is 0.790 bits per heavy atom. The molecule has 2 aliphatic carbocycles. The first-order valence-electron chi connectivity index (χ1n) is 21.0. The number of benzene rings is 6. The summed E-state index contributed by atoms with van der Waals surface area (Å²) in [6.07, 6.45) is 18.3. The van der Waals surface area contributed by atoms with Crippen molar-refractivity contribution in [2.45, 2.75) is 68.6 Å². The molecule has 0 aliphatic heterocycles. The molecule has 6 nitrogen and oxygen atoms in total. The predicted molar refractivity (Wildman–Crippen MR) is 259 cm³/mol. The number of sulfonamides is 2. The summed E-state index contributed by atoms with van der Waals surface area (Å²) in [4.78, 5) is 0.634. The van der Waals surface area contributed by atoms with Gasteiger partial charge in [0, 0.05) is 0 Å². The van der Waals surface area contributed by atoms with Crippen molar-refractivity contribution >= 4 is 57.4 Å². The van der Waals surface area contributed by atoms with Crippen LogP contribution in [0.3, 0.4) is 0 Å². The molecule has 6 aromatic rings. The largest absolute Gasteiger partial charge is 2.00 e. The third kappa shape index (κ3) is 14.6. The summed E-state index contributed by atoms with van der Waals surface area (Å²) in [7, 11) is -10.5. The molecular formula is C51H56N2O4P2RhS2+2. The van der Waals surface area contributed by atoms with Gasteiger partial charge in [-0.1, -0.05) is 145 Å². The molecule has 2 N–H and O–H groups in total. The van der Waals surface area contributed by atoms with Crippen molar-refractivity contribution in [2.75, 3.05) is 0 Å². The zero-order valence-electron chi connectivity index (χ0n) is 35.2. The van der Waals surface area contributed by atoms with Gasteiger partial charge in [0.2, 0.25) is 0 Å². The molecule has 0 saturated heterocycles. The maximum absolute atomic E-state index is 13.0. The number of allylic oxidation sites excluding steroid dienone is 4. The fraction of sp³-hybridized carbons (Fsp3) is 0.216. The monoisotopic (exact) mass is 989 g/mol. The van der Waals surface area contributed by atoms with Crippen LogP contribution in [0.25, 0.3) is 0 Å². The van der Waals surface area contributed by atoms with Crippen molar-refractivity contribution in [3.8, 4) is 0 Å². The smallest absolute Gasteiger partial charge is 0.527 e. The van der Waals surface area contributed by atoms with Crippen LogP contribution in [0.1, 0.15) is 57.1 Å². The SMILES string of the molecule is CCCCc1ccc(S(=O)(=O)N[PH+](c2ccccc2)c2ccccc2)cc1.CCCCc1ccc(S(=O)(=O)N[PH+](c2ccccc2)c2ccccc2)cc1.[C-]1=CC2C=[C-]C1C2.[Rh+2]. The van der Waals surface area contributed by atoms with E-state index in [1.165, 1.54) is 17.5 Å². The minimum absolute atomic E-state index is 0. The third-order valence-corrected chi connectivity index (χ3v) is 19.6. The summed E-state index contributed by atoms with van der Waals surface area (Å²) in [5, 5.41) is 4.04. The summed E-state index contributed by atoms with van der Waals surface area (Å²) in [5.41, 5.74) is 2.35. The summed E-state index contributed by atoms with van der Waals surface area (Å²) in [6.45, 7) is 4.30. The van der Waals surface area contributed by atoms with E-state index in [0.717, 1.165) is 59.7 Å². The molecule has 0 aromatic heterocycles. The van der Waals surface area contributed by atoms with E-state index >= 15 is 0 Å². The van der Waals surface area contributed by atoms with Crippen molar-refractivity contribution in [2.24, 2.45) is 11.8 Å². The van der Waals surface area contributed by atoms with Gasteiger partial charge in [0.05, 0.1) is 9.79 Å². The third-order valence-electron chi connectivity index (χ3n) is 10.4. The Morgan fingerprint density at radius 3 is 1.02 bits per heavy atom. The molecule has 0 fully saturated rings. The zero-order valence-corrected chi connectivity index (χ0v) is 40.5. The molecule has 0 amide bonds. The quantitative estimate of drug-likeness (QED) is 0.0575. The Hall–Kier alpha value is -3.90. The topological polar surface area (TPSA) is 92.3 Å². The molecule has 0 spiro atoms. The molecular weight excluding hydrogens is 934 g/mol. The molecule has 8 rings (SSSR count). The molecule has 2 bridgehead atoms. The van der Waals surface area contributed by atoms with Crippen LogP contribution in [-0.4, -0.2) is 16.8 Å². The van der Waals surface area contributed by atoms with Crippen LogP contribution in [0, 0.1) is 24.0 Å². The van der Waals surface area contributed by atoms with Crippen molar-refractivity contribution < 1.29 is 36.3 Å². The van der Waals surface area contributed by atoms with E-state index in [1.807, 2.05) is 146 Å². The summed E-state index contributed by atoms with van der Waals surface area (Å²) >= 11 is 0. The first-order chi connectivity index (χ1) is 29.6. The second kappa shape index (κ2) is 24.8. The normalized spacial score (nSPS) is 15.0. The van der Waals surface area contributed by atoms with Crippen molar-refractivity contribution in [1.82, 2.24) is 8.99 Å². The number of unbranched alkanes of at least 4 members (excludes halogenated alkanes) is 2. The Kier molecular flexibility index (Phi) is 19.7. The number of fused-ring (bicyclic) bond motifs is 2. The van der Waals surface area contributed by atoms with Crippen LogP contribution in [0.4, 0.5) is 0 Å². The van der Waals surface area contributed by atoms with Gasteiger partial charge in [-0.15, -0.1) is 0 Å². The predicted octanol–water partition coefficient (Wildman–Crippen LogP) is 9.53. The van der Waals surface area contributed by atoms with Crippen molar-refractivity contribution in [3.05, 3.63) is 205 Å². The zero-order chi connectivity index (χ0) is 42.9. The number of aryl methyl sites for hydroxylation is 2. The van der Waals surface area contributed by atoms with Gasteiger partial charge in [-0.25, -0.2) is 16.8 Å². The fourth-order valence-corrected chi connectivity index (χ4v) is 15.7. The molecule has 6 aromatic carbocycles. The second-order valence-corrected chi connectivity index (χ2v) is 23.4. The number of rotatable bonds is 16. The molecule has 2 aliphatic rings.